The van der Waals surface area contributed by atoms with E-state index in [0.29, 0.717) is 36.8 Å². The zero-order chi connectivity index (χ0) is 23.1. The quantitative estimate of drug-likeness (QED) is 0.487. The van der Waals surface area contributed by atoms with Crippen LogP contribution in [0.4, 0.5) is 13.2 Å². The van der Waals surface area contributed by atoms with Gasteiger partial charge in [-0.05, 0) is 53.9 Å². The van der Waals surface area contributed by atoms with E-state index in [4.69, 9.17) is 8.92 Å². The summed E-state index contributed by atoms with van der Waals surface area (Å²) in [7, 11) is -5.86. The molecular formula is C23H24F3NO4S. The lowest BCUT2D eigenvalue weighted by atomic mass is 9.92. The Bertz CT molecular complexity index is 1140. The first-order valence-corrected chi connectivity index (χ1v) is 11.9. The third kappa shape index (κ3) is 4.48. The average molecular weight is 468 g/mol. The van der Waals surface area contributed by atoms with Crippen molar-refractivity contribution in [2.45, 2.75) is 51.1 Å². The van der Waals surface area contributed by atoms with Crippen LogP contribution in [0.3, 0.4) is 0 Å². The topological polar surface area (TPSA) is 65.0 Å². The summed E-state index contributed by atoms with van der Waals surface area (Å²) in [5.41, 5.74) is -2.28. The highest BCUT2D eigenvalue weighted by Gasteiger charge is 2.49. The van der Waals surface area contributed by atoms with Gasteiger partial charge in [-0.1, -0.05) is 50.2 Å². The average Bonchev–Trinajstić information content (AvgIpc) is 3.19. The van der Waals surface area contributed by atoms with Gasteiger partial charge < -0.3 is 8.92 Å². The van der Waals surface area contributed by atoms with Crippen molar-refractivity contribution in [2.24, 2.45) is 10.9 Å². The summed E-state index contributed by atoms with van der Waals surface area (Å²) in [6.07, 6.45) is 1.91. The Kier molecular flexibility index (Phi) is 5.96. The fraction of sp³-hybridized carbons (Fsp3) is 0.435. The van der Waals surface area contributed by atoms with Crippen LogP contribution in [0, 0.1) is 5.92 Å². The minimum absolute atomic E-state index is 0.138. The number of aliphatic imine (C=N–C) groups is 1. The standard InChI is InChI=1S/C23H24F3NO4S/c1-14(2)19-13-30-22(27-19)20-17-9-7-15-3-5-16(6-4-15)8-10-18(12-11-17)21(20)31-32(28,29)23(24,25)26/h3-6,11-12,14,19H,7-10,13H2,1-2H3/t19-/m1/s1. The lowest BCUT2D eigenvalue weighted by molar-refractivity contribution is -0.0500. The van der Waals surface area contributed by atoms with Crippen LogP contribution in [0.15, 0.2) is 41.4 Å². The molecule has 9 heteroatoms. The largest absolute Gasteiger partial charge is 0.534 e. The molecule has 0 radical (unpaired) electrons. The fourth-order valence-corrected chi connectivity index (χ4v) is 4.36. The van der Waals surface area contributed by atoms with Gasteiger partial charge in [0.15, 0.2) is 5.75 Å². The molecule has 7 rings (SSSR count). The lowest BCUT2D eigenvalue weighted by Crippen LogP contribution is -2.29. The zero-order valence-electron chi connectivity index (χ0n) is 17.8. The third-order valence-corrected chi connectivity index (χ3v) is 6.80. The molecule has 2 aromatic rings. The van der Waals surface area contributed by atoms with Crippen molar-refractivity contribution < 1.29 is 30.5 Å². The predicted octanol–water partition coefficient (Wildman–Crippen LogP) is 4.60. The predicted molar refractivity (Wildman–Crippen MR) is 114 cm³/mol. The first-order valence-electron chi connectivity index (χ1n) is 10.5. The fourth-order valence-electron chi connectivity index (χ4n) is 3.86. The van der Waals surface area contributed by atoms with E-state index >= 15 is 0 Å². The van der Waals surface area contributed by atoms with Crippen LogP contribution in [-0.4, -0.2) is 32.5 Å². The summed E-state index contributed by atoms with van der Waals surface area (Å²) in [6, 6.07) is 11.3. The molecule has 0 N–H and O–H groups in total. The van der Waals surface area contributed by atoms with Gasteiger partial charge in [-0.2, -0.15) is 21.6 Å². The second-order valence-corrected chi connectivity index (χ2v) is 9.98. The van der Waals surface area contributed by atoms with Gasteiger partial charge in [-0.15, -0.1) is 0 Å². The minimum atomic E-state index is -5.86. The number of halogens is 3. The second kappa shape index (κ2) is 8.42. The SMILES string of the molecule is CC(C)[C@H]1COC(c2c3ccc(c2OS(=O)(=O)C(F)(F)F)CCc2ccc(cc2)CC3)=N1. The molecule has 2 aromatic carbocycles. The van der Waals surface area contributed by atoms with Crippen molar-refractivity contribution >= 4 is 16.0 Å². The molecule has 1 aliphatic heterocycles. The molecule has 4 aliphatic carbocycles. The maximum absolute atomic E-state index is 13.2. The van der Waals surface area contributed by atoms with E-state index in [1.807, 2.05) is 38.1 Å². The van der Waals surface area contributed by atoms with Gasteiger partial charge in [-0.25, -0.2) is 4.99 Å². The summed E-state index contributed by atoms with van der Waals surface area (Å²) >= 11 is 0. The van der Waals surface area contributed by atoms with Crippen LogP contribution >= 0.6 is 0 Å². The first-order chi connectivity index (χ1) is 15.0. The maximum Gasteiger partial charge on any atom is 0.534 e. The Hall–Kier alpha value is -2.55. The van der Waals surface area contributed by atoms with Crippen molar-refractivity contribution in [1.82, 2.24) is 0 Å². The minimum Gasteiger partial charge on any atom is -0.475 e. The highest BCUT2D eigenvalue weighted by molar-refractivity contribution is 7.88. The second-order valence-electron chi connectivity index (χ2n) is 8.44. The van der Waals surface area contributed by atoms with Crippen LogP contribution in [-0.2, 0) is 40.5 Å². The molecule has 0 saturated carbocycles. The Balaban J connectivity index is 1.88. The molecule has 0 aromatic heterocycles. The Morgan fingerprint density at radius 3 is 2.06 bits per heavy atom. The molecule has 4 bridgehead atoms. The van der Waals surface area contributed by atoms with E-state index in [1.54, 1.807) is 12.1 Å². The van der Waals surface area contributed by atoms with E-state index in [2.05, 4.69) is 4.99 Å². The highest BCUT2D eigenvalue weighted by Crippen LogP contribution is 2.37. The molecule has 0 amide bonds. The number of rotatable bonds is 4. The number of nitrogens with zero attached hydrogens (tertiary/aromatic N) is 1. The molecule has 172 valence electrons. The number of hydrogen-bond donors (Lipinski definition) is 0. The highest BCUT2D eigenvalue weighted by atomic mass is 32.2. The van der Waals surface area contributed by atoms with E-state index in [-0.39, 0.29) is 35.8 Å². The monoisotopic (exact) mass is 467 g/mol. The first kappa shape index (κ1) is 22.6. The maximum atomic E-state index is 13.2. The molecule has 0 saturated heterocycles. The number of hydrogen-bond acceptors (Lipinski definition) is 5. The normalized spacial score (nSPS) is 18.8. The van der Waals surface area contributed by atoms with Crippen LogP contribution in [0.5, 0.6) is 5.75 Å². The molecule has 0 unspecified atom stereocenters. The summed E-state index contributed by atoms with van der Waals surface area (Å²) in [5, 5.41) is 0. The summed E-state index contributed by atoms with van der Waals surface area (Å²) in [5.74, 6) is -0.0390. The van der Waals surface area contributed by atoms with Gasteiger partial charge >= 0.3 is 15.6 Å². The number of aryl methyl sites for hydroxylation is 4. The van der Waals surface area contributed by atoms with Gasteiger partial charge in [0.25, 0.3) is 0 Å². The Morgan fingerprint density at radius 2 is 1.53 bits per heavy atom. The summed E-state index contributed by atoms with van der Waals surface area (Å²) in [6.45, 7) is 4.22. The van der Waals surface area contributed by atoms with Crippen LogP contribution in [0.2, 0.25) is 0 Å². The smallest absolute Gasteiger partial charge is 0.475 e. The molecule has 0 fully saturated rings. The molecule has 5 nitrogen and oxygen atoms in total. The molecule has 0 spiro atoms. The van der Waals surface area contributed by atoms with E-state index in [0.717, 1.165) is 11.1 Å². The molecule has 1 heterocycles. The number of ether oxygens (including phenoxy) is 1. The van der Waals surface area contributed by atoms with E-state index < -0.39 is 15.6 Å². The van der Waals surface area contributed by atoms with Crippen molar-refractivity contribution in [3.05, 3.63) is 64.2 Å². The van der Waals surface area contributed by atoms with E-state index in [9.17, 15) is 21.6 Å². The molecule has 1 atom stereocenters. The van der Waals surface area contributed by atoms with Crippen molar-refractivity contribution in [1.29, 1.82) is 0 Å². The summed E-state index contributed by atoms with van der Waals surface area (Å²) < 4.78 is 74.2. The van der Waals surface area contributed by atoms with Crippen LogP contribution < -0.4 is 4.18 Å². The lowest BCUT2D eigenvalue weighted by Gasteiger charge is -2.20. The van der Waals surface area contributed by atoms with Crippen molar-refractivity contribution in [3.63, 3.8) is 0 Å². The Morgan fingerprint density at radius 1 is 0.969 bits per heavy atom. The molecular weight excluding hydrogens is 443 g/mol. The number of alkyl halides is 3. The van der Waals surface area contributed by atoms with Gasteiger partial charge in [0.2, 0.25) is 5.90 Å². The van der Waals surface area contributed by atoms with Gasteiger partial charge in [0, 0.05) is 0 Å². The van der Waals surface area contributed by atoms with Gasteiger partial charge in [-0.3, -0.25) is 0 Å². The van der Waals surface area contributed by atoms with Crippen molar-refractivity contribution in [3.8, 4) is 5.75 Å². The van der Waals surface area contributed by atoms with Gasteiger partial charge in [0.05, 0.1) is 11.6 Å². The number of benzene rings is 2. The zero-order valence-corrected chi connectivity index (χ0v) is 18.6. The molecule has 32 heavy (non-hydrogen) atoms. The summed E-state index contributed by atoms with van der Waals surface area (Å²) in [4.78, 5) is 4.56. The van der Waals surface area contributed by atoms with Crippen LogP contribution in [0.1, 0.15) is 41.7 Å². The van der Waals surface area contributed by atoms with E-state index in [1.165, 1.54) is 0 Å². The molecule has 5 aliphatic rings. The van der Waals surface area contributed by atoms with Crippen LogP contribution in [0.25, 0.3) is 0 Å². The Labute approximate surface area is 185 Å². The van der Waals surface area contributed by atoms with Crippen molar-refractivity contribution in [2.75, 3.05) is 6.61 Å². The third-order valence-electron chi connectivity index (χ3n) is 5.85. The van der Waals surface area contributed by atoms with Gasteiger partial charge in [0.1, 0.15) is 6.61 Å².